The van der Waals surface area contributed by atoms with E-state index in [0.29, 0.717) is 13.1 Å². The highest BCUT2D eigenvalue weighted by Gasteiger charge is 2.28. The fraction of sp³-hybridized carbons (Fsp3) is 0.346. The topological polar surface area (TPSA) is 63.1 Å². The van der Waals surface area contributed by atoms with E-state index >= 15 is 0 Å². The average molecular weight is 460 g/mol. The van der Waals surface area contributed by atoms with E-state index < -0.39 is 0 Å². The van der Waals surface area contributed by atoms with Gasteiger partial charge in [-0.25, -0.2) is 4.68 Å². The summed E-state index contributed by atoms with van der Waals surface area (Å²) in [5.74, 6) is 0.106. The number of amides is 1. The van der Waals surface area contributed by atoms with Crippen LogP contribution in [0.3, 0.4) is 0 Å². The van der Waals surface area contributed by atoms with E-state index in [-0.39, 0.29) is 11.8 Å². The van der Waals surface area contributed by atoms with Gasteiger partial charge in [0.25, 0.3) is 0 Å². The maximum absolute atomic E-state index is 12.9. The average Bonchev–Trinajstić information content (AvgIpc) is 3.40. The van der Waals surface area contributed by atoms with Gasteiger partial charge in [0.15, 0.2) is 10.8 Å². The molecule has 0 spiro atoms. The number of anilines is 1. The molecule has 0 radical (unpaired) electrons. The SMILES string of the molecule is Cc1ccc(CNC(=O)[C@@H]2CCCN(c3nc4c(s3)c(C)nn4-c3ccc(C)cc3)C2)cc1. The molecule has 4 aromatic rings. The Balaban J connectivity index is 1.31. The van der Waals surface area contributed by atoms with Gasteiger partial charge in [-0.05, 0) is 51.3 Å². The summed E-state index contributed by atoms with van der Waals surface area (Å²) in [5, 5.41) is 8.82. The second kappa shape index (κ2) is 8.98. The minimum Gasteiger partial charge on any atom is -0.352 e. The summed E-state index contributed by atoms with van der Waals surface area (Å²) in [7, 11) is 0. The number of piperidine rings is 1. The Hall–Kier alpha value is -3.19. The molecule has 1 saturated heterocycles. The fourth-order valence-corrected chi connectivity index (χ4v) is 5.35. The van der Waals surface area contributed by atoms with Crippen molar-refractivity contribution in [1.82, 2.24) is 20.1 Å². The zero-order valence-corrected chi connectivity index (χ0v) is 20.2. The van der Waals surface area contributed by atoms with Crippen LogP contribution in [0.2, 0.25) is 0 Å². The van der Waals surface area contributed by atoms with Crippen LogP contribution in [0.1, 0.15) is 35.2 Å². The molecular weight excluding hydrogens is 430 g/mol. The highest BCUT2D eigenvalue weighted by Crippen LogP contribution is 2.34. The van der Waals surface area contributed by atoms with Crippen LogP contribution in [0.5, 0.6) is 0 Å². The van der Waals surface area contributed by atoms with E-state index in [2.05, 4.69) is 72.6 Å². The van der Waals surface area contributed by atoms with Crippen molar-refractivity contribution >= 4 is 32.7 Å². The Bertz CT molecular complexity index is 1270. The Labute approximate surface area is 198 Å². The summed E-state index contributed by atoms with van der Waals surface area (Å²) in [6.07, 6.45) is 1.90. The van der Waals surface area contributed by atoms with Crippen molar-refractivity contribution in [3.05, 3.63) is 70.9 Å². The van der Waals surface area contributed by atoms with E-state index in [0.717, 1.165) is 51.8 Å². The molecule has 170 valence electrons. The first-order valence-corrected chi connectivity index (χ1v) is 12.3. The molecule has 2 aromatic carbocycles. The van der Waals surface area contributed by atoms with Crippen molar-refractivity contribution < 1.29 is 4.79 Å². The van der Waals surface area contributed by atoms with Crippen LogP contribution < -0.4 is 10.2 Å². The van der Waals surface area contributed by atoms with Gasteiger partial charge < -0.3 is 10.2 Å². The fourth-order valence-electron chi connectivity index (χ4n) is 4.33. The lowest BCUT2D eigenvalue weighted by Crippen LogP contribution is -2.43. The molecule has 1 amide bonds. The summed E-state index contributed by atoms with van der Waals surface area (Å²) in [6, 6.07) is 16.7. The third-order valence-electron chi connectivity index (χ3n) is 6.31. The largest absolute Gasteiger partial charge is 0.352 e. The van der Waals surface area contributed by atoms with Gasteiger partial charge in [-0.3, -0.25) is 4.79 Å². The first kappa shape index (κ1) is 21.6. The van der Waals surface area contributed by atoms with Gasteiger partial charge in [0, 0.05) is 19.6 Å². The second-order valence-corrected chi connectivity index (χ2v) is 9.95. The maximum Gasteiger partial charge on any atom is 0.225 e. The number of fused-ring (bicyclic) bond motifs is 1. The standard InChI is InChI=1S/C26H29N5OS/c1-17-6-10-20(11-7-17)15-27-25(32)21-5-4-14-30(16-21)26-28-24-23(33-26)19(3)29-31(24)22-12-8-18(2)9-13-22/h6-13,21H,4-5,14-16H2,1-3H3,(H,27,32)/t21-/m1/s1. The summed E-state index contributed by atoms with van der Waals surface area (Å²) < 4.78 is 3.04. The number of aromatic nitrogens is 3. The van der Waals surface area contributed by atoms with Crippen molar-refractivity contribution in [2.75, 3.05) is 18.0 Å². The maximum atomic E-state index is 12.9. The summed E-state index contributed by atoms with van der Waals surface area (Å²) in [4.78, 5) is 20.1. The Morgan fingerprint density at radius 2 is 1.76 bits per heavy atom. The minimum absolute atomic E-state index is 0.0223. The first-order chi connectivity index (χ1) is 16.0. The molecule has 1 aliphatic heterocycles. The molecular formula is C26H29N5OS. The van der Waals surface area contributed by atoms with Crippen LogP contribution in [0, 0.1) is 26.7 Å². The van der Waals surface area contributed by atoms with Crippen LogP contribution in [0.15, 0.2) is 48.5 Å². The third kappa shape index (κ3) is 4.50. The zero-order chi connectivity index (χ0) is 22.9. The Kier molecular flexibility index (Phi) is 5.89. The number of nitrogens with zero attached hydrogens (tertiary/aromatic N) is 4. The van der Waals surface area contributed by atoms with Crippen molar-refractivity contribution in [3.8, 4) is 5.69 Å². The number of nitrogens with one attached hydrogen (secondary N) is 1. The summed E-state index contributed by atoms with van der Waals surface area (Å²) in [6.45, 7) is 8.38. The van der Waals surface area contributed by atoms with Crippen LogP contribution in [0.25, 0.3) is 16.0 Å². The predicted octanol–water partition coefficient (Wildman–Crippen LogP) is 4.94. The molecule has 1 N–H and O–H groups in total. The number of hydrogen-bond acceptors (Lipinski definition) is 5. The van der Waals surface area contributed by atoms with Gasteiger partial charge in [0.05, 0.1) is 22.0 Å². The first-order valence-electron chi connectivity index (χ1n) is 11.5. The number of carbonyl (C=O) groups is 1. The second-order valence-electron chi connectivity index (χ2n) is 8.97. The normalized spacial score (nSPS) is 16.3. The molecule has 3 heterocycles. The molecule has 0 saturated carbocycles. The zero-order valence-electron chi connectivity index (χ0n) is 19.3. The van der Waals surface area contributed by atoms with E-state index in [4.69, 9.17) is 10.1 Å². The Morgan fingerprint density at radius 1 is 1.06 bits per heavy atom. The van der Waals surface area contributed by atoms with Crippen molar-refractivity contribution in [2.24, 2.45) is 5.92 Å². The monoisotopic (exact) mass is 459 g/mol. The summed E-state index contributed by atoms with van der Waals surface area (Å²) >= 11 is 1.67. The van der Waals surface area contributed by atoms with Gasteiger partial charge >= 0.3 is 0 Å². The van der Waals surface area contributed by atoms with Gasteiger partial charge in [0.1, 0.15) is 0 Å². The number of thiazole rings is 1. The number of rotatable bonds is 5. The lowest BCUT2D eigenvalue weighted by molar-refractivity contribution is -0.125. The van der Waals surface area contributed by atoms with Crippen molar-refractivity contribution in [1.29, 1.82) is 0 Å². The van der Waals surface area contributed by atoms with Crippen molar-refractivity contribution in [3.63, 3.8) is 0 Å². The van der Waals surface area contributed by atoms with E-state index in [1.165, 1.54) is 11.1 Å². The Morgan fingerprint density at radius 3 is 2.48 bits per heavy atom. The smallest absolute Gasteiger partial charge is 0.225 e. The molecule has 1 aliphatic rings. The number of benzene rings is 2. The predicted molar refractivity (Wildman–Crippen MR) is 134 cm³/mol. The van der Waals surface area contributed by atoms with Gasteiger partial charge in [-0.1, -0.05) is 58.9 Å². The molecule has 5 rings (SSSR count). The summed E-state index contributed by atoms with van der Waals surface area (Å²) in [5.41, 5.74) is 6.47. The van der Waals surface area contributed by atoms with Gasteiger partial charge in [0.2, 0.25) is 5.91 Å². The quantitative estimate of drug-likeness (QED) is 0.459. The number of hydrogen-bond donors (Lipinski definition) is 1. The molecule has 1 fully saturated rings. The van der Waals surface area contributed by atoms with E-state index in [1.807, 2.05) is 11.6 Å². The molecule has 7 heteroatoms. The molecule has 6 nitrogen and oxygen atoms in total. The number of carbonyl (C=O) groups excluding carboxylic acids is 1. The molecule has 0 unspecified atom stereocenters. The molecule has 1 atom stereocenters. The van der Waals surface area contributed by atoms with Gasteiger partial charge in [-0.2, -0.15) is 10.1 Å². The molecule has 33 heavy (non-hydrogen) atoms. The van der Waals surface area contributed by atoms with Gasteiger partial charge in [-0.15, -0.1) is 0 Å². The highest BCUT2D eigenvalue weighted by molar-refractivity contribution is 7.22. The van der Waals surface area contributed by atoms with E-state index in [9.17, 15) is 4.79 Å². The molecule has 2 aromatic heterocycles. The van der Waals surface area contributed by atoms with Crippen LogP contribution >= 0.6 is 11.3 Å². The minimum atomic E-state index is -0.0223. The van der Waals surface area contributed by atoms with Crippen molar-refractivity contribution in [2.45, 2.75) is 40.2 Å². The lowest BCUT2D eigenvalue weighted by Gasteiger charge is -2.31. The van der Waals surface area contributed by atoms with Crippen LogP contribution in [-0.2, 0) is 11.3 Å². The lowest BCUT2D eigenvalue weighted by atomic mass is 9.97. The molecule has 0 bridgehead atoms. The highest BCUT2D eigenvalue weighted by atomic mass is 32.1. The molecule has 0 aliphatic carbocycles. The van der Waals surface area contributed by atoms with Crippen LogP contribution in [0.4, 0.5) is 5.13 Å². The third-order valence-corrected chi connectivity index (χ3v) is 7.52. The van der Waals surface area contributed by atoms with Crippen LogP contribution in [-0.4, -0.2) is 33.8 Å². The number of aryl methyl sites for hydroxylation is 3. The van der Waals surface area contributed by atoms with E-state index in [1.54, 1.807) is 11.3 Å².